The summed E-state index contributed by atoms with van der Waals surface area (Å²) in [6, 6.07) is 13.5. The maximum absolute atomic E-state index is 13.4. The predicted octanol–water partition coefficient (Wildman–Crippen LogP) is 4.10. The molecule has 1 aromatic carbocycles. The van der Waals surface area contributed by atoms with Crippen LogP contribution in [0.2, 0.25) is 0 Å². The fourth-order valence-corrected chi connectivity index (χ4v) is 5.22. The van der Waals surface area contributed by atoms with Crippen molar-refractivity contribution in [3.63, 3.8) is 0 Å². The highest BCUT2D eigenvalue weighted by Crippen LogP contribution is 2.26. The second-order valence-electron chi connectivity index (χ2n) is 7.62. The summed E-state index contributed by atoms with van der Waals surface area (Å²) in [6.45, 7) is 3.71. The van der Waals surface area contributed by atoms with Crippen LogP contribution in [-0.4, -0.2) is 62.6 Å². The summed E-state index contributed by atoms with van der Waals surface area (Å²) in [6.07, 6.45) is 0. The van der Waals surface area contributed by atoms with Crippen LogP contribution in [0.25, 0.3) is 16.4 Å². The first kappa shape index (κ1) is 21.5. The maximum atomic E-state index is 13.4. The molecule has 0 radical (unpaired) electrons. The van der Waals surface area contributed by atoms with Crippen molar-refractivity contribution in [3.05, 3.63) is 75.3 Å². The van der Waals surface area contributed by atoms with Gasteiger partial charge < -0.3 is 9.80 Å². The van der Waals surface area contributed by atoms with Crippen LogP contribution in [0.1, 0.15) is 25.2 Å². The average Bonchev–Trinajstić information content (AvgIpc) is 3.59. The zero-order chi connectivity index (χ0) is 22.9. The van der Waals surface area contributed by atoms with Gasteiger partial charge in [0.15, 0.2) is 5.82 Å². The van der Waals surface area contributed by atoms with Crippen molar-refractivity contribution in [2.75, 3.05) is 26.2 Å². The van der Waals surface area contributed by atoms with Gasteiger partial charge in [-0.05, 0) is 54.8 Å². The Bertz CT molecular complexity index is 1290. The molecule has 0 unspecified atom stereocenters. The molecule has 1 aliphatic heterocycles. The summed E-state index contributed by atoms with van der Waals surface area (Å²) in [7, 11) is 0. The number of rotatable bonds is 4. The summed E-state index contributed by atoms with van der Waals surface area (Å²) < 4.78 is 15.0. The zero-order valence-electron chi connectivity index (χ0n) is 17.8. The third-order valence-electron chi connectivity index (χ3n) is 5.42. The highest BCUT2D eigenvalue weighted by molar-refractivity contribution is 7.14. The molecule has 1 aliphatic rings. The first-order valence-corrected chi connectivity index (χ1v) is 12.1. The van der Waals surface area contributed by atoms with Gasteiger partial charge in [-0.1, -0.05) is 6.07 Å². The second-order valence-corrected chi connectivity index (χ2v) is 9.85. The highest BCUT2D eigenvalue weighted by Gasteiger charge is 2.29. The van der Waals surface area contributed by atoms with E-state index in [1.54, 1.807) is 26.6 Å². The molecule has 3 aromatic heterocycles. The Kier molecular flexibility index (Phi) is 5.77. The maximum Gasteiger partial charge on any atom is 0.293 e. The number of benzene rings is 1. The van der Waals surface area contributed by atoms with Gasteiger partial charge in [-0.2, -0.15) is 0 Å². The number of aromatic nitrogens is 3. The van der Waals surface area contributed by atoms with Crippen LogP contribution in [0.15, 0.2) is 53.9 Å². The van der Waals surface area contributed by atoms with Crippen LogP contribution in [-0.2, 0) is 0 Å². The van der Waals surface area contributed by atoms with E-state index in [2.05, 4.69) is 10.1 Å². The summed E-state index contributed by atoms with van der Waals surface area (Å²) >= 11 is 2.96. The minimum absolute atomic E-state index is 0.00102. The van der Waals surface area contributed by atoms with Gasteiger partial charge in [-0.3, -0.25) is 9.59 Å². The van der Waals surface area contributed by atoms with E-state index in [-0.39, 0.29) is 23.5 Å². The Balaban J connectivity index is 1.35. The third kappa shape index (κ3) is 4.31. The summed E-state index contributed by atoms with van der Waals surface area (Å²) in [5.74, 6) is -0.0252. The molecule has 0 atom stereocenters. The molecule has 0 N–H and O–H groups in total. The minimum Gasteiger partial charge on any atom is -0.334 e. The monoisotopic (exact) mass is 481 g/mol. The Hall–Kier alpha value is -3.37. The van der Waals surface area contributed by atoms with E-state index in [0.717, 1.165) is 9.75 Å². The minimum atomic E-state index is -0.349. The average molecular weight is 482 g/mol. The highest BCUT2D eigenvalue weighted by atomic mass is 32.1. The Morgan fingerprint density at radius 2 is 1.64 bits per heavy atom. The van der Waals surface area contributed by atoms with Crippen molar-refractivity contribution >= 4 is 34.5 Å². The van der Waals surface area contributed by atoms with Gasteiger partial charge in [-0.15, -0.1) is 27.8 Å². The number of piperazine rings is 1. The Morgan fingerprint density at radius 1 is 0.939 bits per heavy atom. The van der Waals surface area contributed by atoms with Crippen molar-refractivity contribution in [2.45, 2.75) is 6.92 Å². The van der Waals surface area contributed by atoms with Crippen LogP contribution in [0.3, 0.4) is 0 Å². The molecule has 1 saturated heterocycles. The fourth-order valence-electron chi connectivity index (χ4n) is 3.69. The first-order valence-electron chi connectivity index (χ1n) is 10.4. The number of hydrogen-bond acceptors (Lipinski definition) is 6. The van der Waals surface area contributed by atoms with E-state index in [9.17, 15) is 14.0 Å². The number of thiophene rings is 2. The standard InChI is InChI=1S/C23H20FN5O2S2/c1-15-4-9-19(33-15)22(30)27-10-12-28(13-11-27)23(31)20-25-21(18-3-2-14-32-18)29(26-20)17-7-5-16(24)6-8-17/h2-9,14H,10-13H2,1H3. The number of carbonyl (C=O) groups is 2. The van der Waals surface area contributed by atoms with E-state index in [4.69, 9.17) is 0 Å². The predicted molar refractivity (Wildman–Crippen MR) is 125 cm³/mol. The second kappa shape index (κ2) is 8.87. The van der Waals surface area contributed by atoms with Crippen LogP contribution in [0.4, 0.5) is 4.39 Å². The number of nitrogens with zero attached hydrogens (tertiary/aromatic N) is 5. The van der Waals surface area contributed by atoms with Gasteiger partial charge in [0, 0.05) is 31.1 Å². The molecule has 4 heterocycles. The zero-order valence-corrected chi connectivity index (χ0v) is 19.4. The molecule has 2 amide bonds. The molecular weight excluding hydrogens is 461 g/mol. The molecule has 10 heteroatoms. The summed E-state index contributed by atoms with van der Waals surface area (Å²) in [5.41, 5.74) is 0.619. The van der Waals surface area contributed by atoms with E-state index in [1.165, 1.54) is 34.8 Å². The Morgan fingerprint density at radius 3 is 2.24 bits per heavy atom. The third-order valence-corrected chi connectivity index (χ3v) is 7.27. The number of hydrogen-bond donors (Lipinski definition) is 0. The van der Waals surface area contributed by atoms with Crippen molar-refractivity contribution in [3.8, 4) is 16.4 Å². The van der Waals surface area contributed by atoms with Crippen molar-refractivity contribution < 1.29 is 14.0 Å². The molecule has 5 rings (SSSR count). The van der Waals surface area contributed by atoms with E-state index >= 15 is 0 Å². The molecule has 0 aliphatic carbocycles. The lowest BCUT2D eigenvalue weighted by atomic mass is 10.3. The molecular formula is C23H20FN5O2S2. The van der Waals surface area contributed by atoms with Gasteiger partial charge in [-0.25, -0.2) is 14.1 Å². The quantitative estimate of drug-likeness (QED) is 0.440. The van der Waals surface area contributed by atoms with Crippen molar-refractivity contribution in [1.29, 1.82) is 0 Å². The molecule has 33 heavy (non-hydrogen) atoms. The van der Waals surface area contributed by atoms with Gasteiger partial charge in [0.05, 0.1) is 15.4 Å². The van der Waals surface area contributed by atoms with E-state index in [0.29, 0.717) is 42.6 Å². The molecule has 0 saturated carbocycles. The lowest BCUT2D eigenvalue weighted by Gasteiger charge is -2.34. The first-order chi connectivity index (χ1) is 16.0. The molecule has 0 spiro atoms. The summed E-state index contributed by atoms with van der Waals surface area (Å²) in [4.78, 5) is 36.5. The van der Waals surface area contributed by atoms with E-state index in [1.807, 2.05) is 36.6 Å². The molecule has 0 bridgehead atoms. The topological polar surface area (TPSA) is 71.3 Å². The number of carbonyl (C=O) groups excluding carboxylic acids is 2. The summed E-state index contributed by atoms with van der Waals surface area (Å²) in [5, 5.41) is 6.39. The van der Waals surface area contributed by atoms with E-state index < -0.39 is 0 Å². The van der Waals surface area contributed by atoms with Gasteiger partial charge in [0.1, 0.15) is 5.82 Å². The number of halogens is 1. The van der Waals surface area contributed by atoms with Crippen molar-refractivity contribution in [2.24, 2.45) is 0 Å². The molecule has 1 fully saturated rings. The molecule has 4 aromatic rings. The molecule has 7 nitrogen and oxygen atoms in total. The largest absolute Gasteiger partial charge is 0.334 e. The smallest absolute Gasteiger partial charge is 0.293 e. The Labute approximate surface area is 197 Å². The normalized spacial score (nSPS) is 14.0. The lowest BCUT2D eigenvalue weighted by molar-refractivity contribution is 0.0531. The van der Waals surface area contributed by atoms with Crippen LogP contribution in [0, 0.1) is 12.7 Å². The fraction of sp³-hybridized carbons (Fsp3) is 0.217. The van der Waals surface area contributed by atoms with Gasteiger partial charge >= 0.3 is 0 Å². The SMILES string of the molecule is Cc1ccc(C(=O)N2CCN(C(=O)c3nc(-c4cccs4)n(-c4ccc(F)cc4)n3)CC2)s1. The number of amides is 2. The van der Waals surface area contributed by atoms with Crippen LogP contribution < -0.4 is 0 Å². The number of aryl methyl sites for hydroxylation is 1. The molecule has 168 valence electrons. The lowest BCUT2D eigenvalue weighted by Crippen LogP contribution is -2.50. The van der Waals surface area contributed by atoms with Crippen LogP contribution >= 0.6 is 22.7 Å². The van der Waals surface area contributed by atoms with Crippen LogP contribution in [0.5, 0.6) is 0 Å². The van der Waals surface area contributed by atoms with Gasteiger partial charge in [0.2, 0.25) is 5.82 Å². The van der Waals surface area contributed by atoms with Crippen molar-refractivity contribution in [1.82, 2.24) is 24.6 Å². The van der Waals surface area contributed by atoms with Gasteiger partial charge in [0.25, 0.3) is 11.8 Å².